The Morgan fingerprint density at radius 3 is 2.33 bits per heavy atom. The van der Waals surface area contributed by atoms with Crippen LogP contribution in [0.5, 0.6) is 0 Å². The first-order valence-corrected chi connectivity index (χ1v) is 8.95. The number of hydrogen-bond donors (Lipinski definition) is 2. The fourth-order valence-electron chi connectivity index (χ4n) is 2.14. The van der Waals surface area contributed by atoms with Gasteiger partial charge in [0.05, 0.1) is 15.7 Å². The molecule has 0 heterocycles. The van der Waals surface area contributed by atoms with Gasteiger partial charge in [-0.15, -0.1) is 0 Å². The SMILES string of the molecule is O=C(CCCC(=O)OCC(=O)Nc1cccc(Cl)c1Cl)Nc1ccccc1. The van der Waals surface area contributed by atoms with E-state index in [9.17, 15) is 14.4 Å². The minimum absolute atomic E-state index is 0.0351. The maximum Gasteiger partial charge on any atom is 0.306 e. The van der Waals surface area contributed by atoms with Gasteiger partial charge in [0.1, 0.15) is 0 Å². The van der Waals surface area contributed by atoms with Gasteiger partial charge in [-0.2, -0.15) is 0 Å². The molecule has 2 aromatic carbocycles. The van der Waals surface area contributed by atoms with Crippen molar-refractivity contribution in [1.82, 2.24) is 0 Å². The molecule has 0 aliphatic rings. The topological polar surface area (TPSA) is 84.5 Å². The molecule has 2 aromatic rings. The lowest BCUT2D eigenvalue weighted by atomic mass is 10.2. The summed E-state index contributed by atoms with van der Waals surface area (Å²) < 4.78 is 4.89. The van der Waals surface area contributed by atoms with Crippen molar-refractivity contribution in [3.8, 4) is 0 Å². The van der Waals surface area contributed by atoms with Crippen LogP contribution in [-0.2, 0) is 19.1 Å². The monoisotopic (exact) mass is 408 g/mol. The van der Waals surface area contributed by atoms with Crippen molar-refractivity contribution in [2.24, 2.45) is 0 Å². The van der Waals surface area contributed by atoms with Crippen molar-refractivity contribution < 1.29 is 19.1 Å². The summed E-state index contributed by atoms with van der Waals surface area (Å²) in [6.45, 7) is -0.447. The molecule has 0 atom stereocenters. The Balaban J connectivity index is 1.65. The lowest BCUT2D eigenvalue weighted by molar-refractivity contribution is -0.147. The number of hydrogen-bond acceptors (Lipinski definition) is 4. The van der Waals surface area contributed by atoms with E-state index in [4.69, 9.17) is 27.9 Å². The molecule has 0 fully saturated rings. The fraction of sp³-hybridized carbons (Fsp3) is 0.211. The molecular formula is C19H18Cl2N2O4. The number of anilines is 2. The largest absolute Gasteiger partial charge is 0.456 e. The summed E-state index contributed by atoms with van der Waals surface area (Å²) in [5.74, 6) is -1.29. The van der Waals surface area contributed by atoms with Crippen LogP contribution in [0, 0.1) is 0 Å². The Morgan fingerprint density at radius 2 is 1.59 bits per heavy atom. The predicted molar refractivity (Wildman–Crippen MR) is 105 cm³/mol. The predicted octanol–water partition coefficient (Wildman–Crippen LogP) is 4.28. The first-order chi connectivity index (χ1) is 13.0. The second-order valence-corrected chi connectivity index (χ2v) is 6.36. The van der Waals surface area contributed by atoms with E-state index < -0.39 is 18.5 Å². The van der Waals surface area contributed by atoms with Crippen LogP contribution in [0.3, 0.4) is 0 Å². The minimum atomic E-state index is -0.560. The maximum absolute atomic E-state index is 11.8. The third kappa shape index (κ3) is 7.29. The lowest BCUT2D eigenvalue weighted by Crippen LogP contribution is -2.21. The third-order valence-corrected chi connectivity index (χ3v) is 4.25. The second-order valence-electron chi connectivity index (χ2n) is 5.58. The van der Waals surface area contributed by atoms with Gasteiger partial charge >= 0.3 is 5.97 Å². The Hall–Kier alpha value is -2.57. The number of rotatable bonds is 8. The van der Waals surface area contributed by atoms with E-state index in [0.29, 0.717) is 22.8 Å². The van der Waals surface area contributed by atoms with Crippen LogP contribution in [0.2, 0.25) is 10.0 Å². The van der Waals surface area contributed by atoms with Crippen LogP contribution >= 0.6 is 23.2 Å². The number of esters is 1. The molecule has 0 saturated heterocycles. The van der Waals surface area contributed by atoms with E-state index in [-0.39, 0.29) is 23.8 Å². The highest BCUT2D eigenvalue weighted by atomic mass is 35.5. The zero-order chi connectivity index (χ0) is 19.6. The van der Waals surface area contributed by atoms with Crippen molar-refractivity contribution >= 4 is 52.4 Å². The molecule has 0 spiro atoms. The summed E-state index contributed by atoms with van der Waals surface area (Å²) >= 11 is 11.8. The fourth-order valence-corrected chi connectivity index (χ4v) is 2.49. The second kappa shape index (κ2) is 10.5. The molecule has 0 unspecified atom stereocenters. The van der Waals surface area contributed by atoms with Crippen molar-refractivity contribution in [2.75, 3.05) is 17.2 Å². The van der Waals surface area contributed by atoms with Gasteiger partial charge in [0.2, 0.25) is 5.91 Å². The summed E-state index contributed by atoms with van der Waals surface area (Å²) in [5, 5.41) is 5.75. The lowest BCUT2D eigenvalue weighted by Gasteiger charge is -2.09. The summed E-state index contributed by atoms with van der Waals surface area (Å²) in [5.41, 5.74) is 1.03. The van der Waals surface area contributed by atoms with E-state index in [1.54, 1.807) is 30.3 Å². The van der Waals surface area contributed by atoms with Gasteiger partial charge in [0.25, 0.3) is 5.91 Å². The molecule has 0 radical (unpaired) electrons. The van der Waals surface area contributed by atoms with Crippen LogP contribution in [0.25, 0.3) is 0 Å². The quantitative estimate of drug-likeness (QED) is 0.638. The van der Waals surface area contributed by atoms with Crippen LogP contribution < -0.4 is 10.6 Å². The van der Waals surface area contributed by atoms with E-state index in [1.807, 2.05) is 18.2 Å². The number of ether oxygens (including phenoxy) is 1. The molecule has 0 aliphatic heterocycles. The molecular weight excluding hydrogens is 391 g/mol. The Morgan fingerprint density at radius 1 is 0.852 bits per heavy atom. The third-order valence-electron chi connectivity index (χ3n) is 3.43. The minimum Gasteiger partial charge on any atom is -0.456 e. The first-order valence-electron chi connectivity index (χ1n) is 8.20. The van der Waals surface area contributed by atoms with Crippen LogP contribution in [0.4, 0.5) is 11.4 Å². The number of benzene rings is 2. The standard InChI is InChI=1S/C19H18Cl2N2O4/c20-14-8-4-9-15(19(14)21)23-17(25)12-27-18(26)11-5-10-16(24)22-13-6-2-1-3-7-13/h1-4,6-9H,5,10-12H2,(H,22,24)(H,23,25). The van der Waals surface area contributed by atoms with Gasteiger partial charge in [-0.25, -0.2) is 0 Å². The number of carbonyl (C=O) groups is 3. The molecule has 2 rings (SSSR count). The average Bonchev–Trinajstić information content (AvgIpc) is 2.64. The highest BCUT2D eigenvalue weighted by molar-refractivity contribution is 6.44. The zero-order valence-corrected chi connectivity index (χ0v) is 15.8. The van der Waals surface area contributed by atoms with E-state index in [2.05, 4.69) is 10.6 Å². The van der Waals surface area contributed by atoms with Gasteiger partial charge < -0.3 is 15.4 Å². The molecule has 0 aliphatic carbocycles. The molecule has 6 nitrogen and oxygen atoms in total. The van der Waals surface area contributed by atoms with Gasteiger partial charge in [0, 0.05) is 18.5 Å². The molecule has 0 bridgehead atoms. The molecule has 0 aromatic heterocycles. The molecule has 0 saturated carbocycles. The summed E-state index contributed by atoms with van der Waals surface area (Å²) in [6, 6.07) is 13.8. The summed E-state index contributed by atoms with van der Waals surface area (Å²) in [7, 11) is 0. The van der Waals surface area contributed by atoms with Crippen molar-refractivity contribution in [1.29, 1.82) is 0 Å². The first kappa shape index (κ1) is 20.7. The molecule has 27 heavy (non-hydrogen) atoms. The van der Waals surface area contributed by atoms with Gasteiger partial charge in [-0.05, 0) is 30.7 Å². The summed E-state index contributed by atoms with van der Waals surface area (Å²) in [4.78, 5) is 35.3. The molecule has 8 heteroatoms. The number of nitrogens with one attached hydrogen (secondary N) is 2. The number of halogens is 2. The van der Waals surface area contributed by atoms with Crippen molar-refractivity contribution in [3.63, 3.8) is 0 Å². The highest BCUT2D eigenvalue weighted by Gasteiger charge is 2.11. The van der Waals surface area contributed by atoms with E-state index in [1.165, 1.54) is 0 Å². The maximum atomic E-state index is 11.8. The van der Waals surface area contributed by atoms with Crippen molar-refractivity contribution in [2.45, 2.75) is 19.3 Å². The van der Waals surface area contributed by atoms with E-state index >= 15 is 0 Å². The molecule has 2 N–H and O–H groups in total. The smallest absolute Gasteiger partial charge is 0.306 e. The average molecular weight is 409 g/mol. The van der Waals surface area contributed by atoms with Crippen molar-refractivity contribution in [3.05, 3.63) is 58.6 Å². The van der Waals surface area contributed by atoms with Crippen LogP contribution in [0.15, 0.2) is 48.5 Å². The summed E-state index contributed by atoms with van der Waals surface area (Å²) in [6.07, 6.45) is 0.529. The number of carbonyl (C=O) groups excluding carboxylic acids is 3. The van der Waals surface area contributed by atoms with Gasteiger partial charge in [-0.3, -0.25) is 14.4 Å². The van der Waals surface area contributed by atoms with Crippen LogP contribution in [-0.4, -0.2) is 24.4 Å². The Bertz CT molecular complexity index is 813. The van der Waals surface area contributed by atoms with Crippen LogP contribution in [0.1, 0.15) is 19.3 Å². The highest BCUT2D eigenvalue weighted by Crippen LogP contribution is 2.29. The normalized spacial score (nSPS) is 10.1. The van der Waals surface area contributed by atoms with Gasteiger partial charge in [0.15, 0.2) is 6.61 Å². The Labute approximate surface area is 166 Å². The zero-order valence-electron chi connectivity index (χ0n) is 14.3. The number of amides is 2. The molecule has 142 valence electrons. The van der Waals surface area contributed by atoms with Gasteiger partial charge in [-0.1, -0.05) is 47.5 Å². The molecule has 2 amide bonds. The Kier molecular flexibility index (Phi) is 8.10. The van der Waals surface area contributed by atoms with E-state index in [0.717, 1.165) is 0 Å². The number of para-hydroxylation sites is 1.